The number of ether oxygens (including phenoxy) is 1. The van der Waals surface area contributed by atoms with Gasteiger partial charge in [-0.05, 0) is 32.1 Å². The Morgan fingerprint density at radius 1 is 1.46 bits per heavy atom. The Hall–Kier alpha value is 1.07. The Morgan fingerprint density at radius 3 is 2.54 bits per heavy atom. The van der Waals surface area contributed by atoms with Gasteiger partial charge >= 0.3 is 29.6 Å². The predicted octanol–water partition coefficient (Wildman–Crippen LogP) is -2.03. The van der Waals surface area contributed by atoms with E-state index in [2.05, 4.69) is 0 Å². The van der Waals surface area contributed by atoms with E-state index in [4.69, 9.17) is 4.74 Å². The van der Waals surface area contributed by atoms with Crippen LogP contribution in [-0.2, 0) is 15.8 Å². The van der Waals surface area contributed by atoms with E-state index in [-0.39, 0.29) is 47.0 Å². The SMILES string of the molecule is O=S([O-])CC1CCC2(CCC2)O1.[Na+]. The fourth-order valence-electron chi connectivity index (χ4n) is 2.10. The van der Waals surface area contributed by atoms with Gasteiger partial charge in [0.25, 0.3) is 0 Å². The van der Waals surface area contributed by atoms with Gasteiger partial charge in [0.05, 0.1) is 11.7 Å². The second-order valence-electron chi connectivity index (χ2n) is 3.79. The maximum atomic E-state index is 10.4. The van der Waals surface area contributed by atoms with E-state index in [1.54, 1.807) is 0 Å². The monoisotopic (exact) mass is 212 g/mol. The van der Waals surface area contributed by atoms with Gasteiger partial charge < -0.3 is 9.29 Å². The zero-order valence-corrected chi connectivity index (χ0v) is 10.8. The van der Waals surface area contributed by atoms with Gasteiger partial charge in [-0.1, -0.05) is 11.1 Å². The molecule has 0 N–H and O–H groups in total. The molecule has 3 nitrogen and oxygen atoms in total. The minimum absolute atomic E-state index is 0. The van der Waals surface area contributed by atoms with Crippen molar-refractivity contribution in [3.8, 4) is 0 Å². The third kappa shape index (κ3) is 2.76. The standard InChI is InChI=1S/C8H14O3S.Na/c9-12(10)6-7-2-5-8(11-7)3-1-4-8;/h7H,1-6H2,(H,9,10);/q;+1/p-1. The fraction of sp³-hybridized carbons (Fsp3) is 1.00. The first-order valence-corrected chi connectivity index (χ1v) is 5.68. The zero-order valence-electron chi connectivity index (χ0n) is 7.95. The van der Waals surface area contributed by atoms with Crippen LogP contribution in [0.25, 0.3) is 0 Å². The molecule has 2 atom stereocenters. The Bertz CT molecular complexity index is 206. The Morgan fingerprint density at radius 2 is 2.15 bits per heavy atom. The first kappa shape index (κ1) is 12.1. The van der Waals surface area contributed by atoms with Crippen molar-refractivity contribution in [2.24, 2.45) is 0 Å². The van der Waals surface area contributed by atoms with Crippen molar-refractivity contribution in [3.63, 3.8) is 0 Å². The van der Waals surface area contributed by atoms with Gasteiger partial charge in [-0.3, -0.25) is 4.21 Å². The summed E-state index contributed by atoms with van der Waals surface area (Å²) in [5.74, 6) is 0.182. The molecule has 2 aliphatic rings. The summed E-state index contributed by atoms with van der Waals surface area (Å²) >= 11 is -1.94. The van der Waals surface area contributed by atoms with E-state index in [1.165, 1.54) is 6.42 Å². The molecule has 0 aromatic rings. The summed E-state index contributed by atoms with van der Waals surface area (Å²) in [5, 5.41) is 0. The normalized spacial score (nSPS) is 32.2. The van der Waals surface area contributed by atoms with Gasteiger partial charge in [0.2, 0.25) is 0 Å². The van der Waals surface area contributed by atoms with Crippen LogP contribution in [0.3, 0.4) is 0 Å². The van der Waals surface area contributed by atoms with E-state index >= 15 is 0 Å². The summed E-state index contributed by atoms with van der Waals surface area (Å²) < 4.78 is 26.5. The van der Waals surface area contributed by atoms with Crippen LogP contribution in [0.15, 0.2) is 0 Å². The molecular weight excluding hydrogens is 199 g/mol. The second kappa shape index (κ2) is 4.73. The number of rotatable bonds is 2. The van der Waals surface area contributed by atoms with Crippen LogP contribution in [0.2, 0.25) is 0 Å². The average Bonchev–Trinajstić information content (AvgIpc) is 2.29. The summed E-state index contributed by atoms with van der Waals surface area (Å²) in [7, 11) is 0. The van der Waals surface area contributed by atoms with Crippen molar-refractivity contribution >= 4 is 11.1 Å². The van der Waals surface area contributed by atoms with Crippen molar-refractivity contribution in [1.29, 1.82) is 0 Å². The number of hydrogen-bond donors (Lipinski definition) is 0. The summed E-state index contributed by atoms with van der Waals surface area (Å²) in [6.07, 6.45) is 5.48. The zero-order chi connectivity index (χ0) is 8.60. The van der Waals surface area contributed by atoms with Gasteiger partial charge in [-0.25, -0.2) is 0 Å². The summed E-state index contributed by atoms with van der Waals surface area (Å²) in [5.41, 5.74) is 0.101. The Kier molecular flexibility index (Phi) is 4.41. The smallest absolute Gasteiger partial charge is 0.772 e. The molecule has 0 amide bonds. The van der Waals surface area contributed by atoms with E-state index in [0.29, 0.717) is 0 Å². The van der Waals surface area contributed by atoms with Crippen LogP contribution in [0, 0.1) is 0 Å². The third-order valence-electron chi connectivity index (χ3n) is 2.93. The minimum Gasteiger partial charge on any atom is -0.772 e. The van der Waals surface area contributed by atoms with Gasteiger partial charge in [0.15, 0.2) is 0 Å². The molecule has 1 saturated carbocycles. The van der Waals surface area contributed by atoms with Crippen molar-refractivity contribution in [2.75, 3.05) is 5.75 Å². The first-order chi connectivity index (χ1) is 5.70. The minimum atomic E-state index is -1.94. The molecule has 2 unspecified atom stereocenters. The molecule has 13 heavy (non-hydrogen) atoms. The largest absolute Gasteiger partial charge is 1.00 e. The molecule has 2 rings (SSSR count). The fourth-order valence-corrected chi connectivity index (χ4v) is 2.64. The molecule has 0 aromatic carbocycles. The van der Waals surface area contributed by atoms with Gasteiger partial charge in [-0.2, -0.15) is 0 Å². The van der Waals surface area contributed by atoms with Crippen LogP contribution in [0.5, 0.6) is 0 Å². The molecule has 1 heterocycles. The van der Waals surface area contributed by atoms with Crippen LogP contribution in [0.1, 0.15) is 32.1 Å². The maximum Gasteiger partial charge on any atom is 1.00 e. The van der Waals surface area contributed by atoms with Crippen molar-refractivity contribution in [3.05, 3.63) is 0 Å². The molecule has 5 heteroatoms. The average molecular weight is 212 g/mol. The number of hydrogen-bond acceptors (Lipinski definition) is 3. The third-order valence-corrected chi connectivity index (χ3v) is 3.57. The molecule has 0 bridgehead atoms. The van der Waals surface area contributed by atoms with Crippen LogP contribution in [0.4, 0.5) is 0 Å². The topological polar surface area (TPSA) is 49.4 Å². The Labute approximate surface area is 103 Å². The molecule has 0 aromatic heterocycles. The Balaban J connectivity index is 0.000000845. The van der Waals surface area contributed by atoms with Gasteiger partial charge in [0, 0.05) is 5.75 Å². The first-order valence-electron chi connectivity index (χ1n) is 4.44. The second-order valence-corrected chi connectivity index (χ2v) is 4.73. The van der Waals surface area contributed by atoms with E-state index < -0.39 is 11.1 Å². The van der Waals surface area contributed by atoms with E-state index in [9.17, 15) is 8.76 Å². The molecule has 0 radical (unpaired) electrons. The van der Waals surface area contributed by atoms with Crippen LogP contribution < -0.4 is 29.6 Å². The van der Waals surface area contributed by atoms with Crippen LogP contribution >= 0.6 is 0 Å². The summed E-state index contributed by atoms with van der Waals surface area (Å²) in [6, 6.07) is 0. The quantitative estimate of drug-likeness (QED) is 0.392. The molecular formula is C8H13NaO3S. The van der Waals surface area contributed by atoms with Crippen LogP contribution in [-0.4, -0.2) is 26.2 Å². The molecule has 1 aliphatic heterocycles. The molecule has 1 aliphatic carbocycles. The molecule has 1 saturated heterocycles. The summed E-state index contributed by atoms with van der Waals surface area (Å²) in [6.45, 7) is 0. The van der Waals surface area contributed by atoms with Crippen molar-refractivity contribution in [1.82, 2.24) is 0 Å². The van der Waals surface area contributed by atoms with Crippen molar-refractivity contribution in [2.45, 2.75) is 43.8 Å². The maximum absolute atomic E-state index is 10.4. The van der Waals surface area contributed by atoms with E-state index in [1.807, 2.05) is 0 Å². The molecule has 70 valence electrons. The van der Waals surface area contributed by atoms with E-state index in [0.717, 1.165) is 25.7 Å². The van der Waals surface area contributed by atoms with Gasteiger partial charge in [-0.15, -0.1) is 0 Å². The molecule has 1 spiro atoms. The molecule has 2 fully saturated rings. The predicted molar refractivity (Wildman–Crippen MR) is 44.5 cm³/mol. The van der Waals surface area contributed by atoms with Crippen molar-refractivity contribution < 1.29 is 43.1 Å². The summed E-state index contributed by atoms with van der Waals surface area (Å²) in [4.78, 5) is 0. The van der Waals surface area contributed by atoms with Gasteiger partial charge in [0.1, 0.15) is 0 Å².